The Labute approximate surface area is 183 Å². The van der Waals surface area contributed by atoms with E-state index >= 15 is 0 Å². The number of aromatic nitrogens is 1. The molecule has 0 saturated heterocycles. The van der Waals surface area contributed by atoms with Crippen LogP contribution in [-0.2, 0) is 13.1 Å². The van der Waals surface area contributed by atoms with Crippen LogP contribution in [0.3, 0.4) is 0 Å². The van der Waals surface area contributed by atoms with Crippen LogP contribution in [0.2, 0.25) is 20.1 Å². The van der Waals surface area contributed by atoms with E-state index in [1.165, 1.54) is 10.9 Å². The van der Waals surface area contributed by atoms with Gasteiger partial charge in [0.15, 0.2) is 0 Å². The minimum Gasteiger partial charge on any atom is -0.381 e. The lowest BCUT2D eigenvalue weighted by molar-refractivity contribution is 0.831. The summed E-state index contributed by atoms with van der Waals surface area (Å²) in [5.74, 6) is 0. The van der Waals surface area contributed by atoms with Crippen molar-refractivity contribution >= 4 is 63.0 Å². The number of rotatable bonds is 5. The fourth-order valence-electron chi connectivity index (χ4n) is 3.23. The fourth-order valence-corrected chi connectivity index (χ4v) is 4.00. The molecule has 4 rings (SSSR count). The van der Waals surface area contributed by atoms with Crippen LogP contribution in [0.1, 0.15) is 11.1 Å². The van der Waals surface area contributed by atoms with E-state index in [4.69, 9.17) is 46.4 Å². The number of halogens is 4. The van der Waals surface area contributed by atoms with Gasteiger partial charge in [-0.05, 0) is 47.5 Å². The molecule has 0 radical (unpaired) electrons. The van der Waals surface area contributed by atoms with Crippen LogP contribution in [-0.4, -0.2) is 4.57 Å². The highest BCUT2D eigenvalue weighted by atomic mass is 35.5. The van der Waals surface area contributed by atoms with Crippen LogP contribution in [0.15, 0.2) is 66.9 Å². The summed E-state index contributed by atoms with van der Waals surface area (Å²) in [5, 5.41) is 6.99. The summed E-state index contributed by atoms with van der Waals surface area (Å²) < 4.78 is 2.20. The van der Waals surface area contributed by atoms with Gasteiger partial charge in [0.25, 0.3) is 0 Å². The number of fused-ring (bicyclic) bond motifs is 1. The number of hydrogen-bond acceptors (Lipinski definition) is 1. The van der Waals surface area contributed by atoms with Crippen LogP contribution < -0.4 is 5.32 Å². The second-order valence-corrected chi connectivity index (χ2v) is 8.18. The van der Waals surface area contributed by atoms with E-state index < -0.39 is 0 Å². The van der Waals surface area contributed by atoms with E-state index in [9.17, 15) is 0 Å². The van der Waals surface area contributed by atoms with Gasteiger partial charge < -0.3 is 9.88 Å². The zero-order valence-corrected chi connectivity index (χ0v) is 17.7. The monoisotopic (exact) mass is 448 g/mol. The minimum absolute atomic E-state index is 0.534. The zero-order chi connectivity index (χ0) is 19.7. The van der Waals surface area contributed by atoms with Crippen molar-refractivity contribution < 1.29 is 0 Å². The molecule has 4 aromatic rings. The molecule has 28 heavy (non-hydrogen) atoms. The lowest BCUT2D eigenvalue weighted by atomic mass is 10.1. The summed E-state index contributed by atoms with van der Waals surface area (Å²) in [6, 6.07) is 19.5. The predicted octanol–water partition coefficient (Wildman–Crippen LogP) is 7.92. The van der Waals surface area contributed by atoms with Crippen molar-refractivity contribution in [2.45, 2.75) is 13.1 Å². The molecule has 6 heteroatoms. The number of nitrogens with zero attached hydrogens (tertiary/aromatic N) is 1. The molecule has 1 aromatic heterocycles. The Morgan fingerprint density at radius 1 is 0.750 bits per heavy atom. The molecule has 0 atom stereocenters. The van der Waals surface area contributed by atoms with Crippen molar-refractivity contribution in [3.05, 3.63) is 98.1 Å². The standard InChI is InChI=1S/C22H16Cl4N2/c23-16-6-5-14(20(25)9-16)12-28-13-15(18-3-1-2-4-22(18)28)11-27-17-7-8-19(24)21(26)10-17/h1-10,13,27H,11-12H2. The van der Waals surface area contributed by atoms with Crippen molar-refractivity contribution in [3.8, 4) is 0 Å². The van der Waals surface area contributed by atoms with E-state index in [-0.39, 0.29) is 0 Å². The normalized spacial score (nSPS) is 11.1. The van der Waals surface area contributed by atoms with Gasteiger partial charge in [0.1, 0.15) is 0 Å². The third kappa shape index (κ3) is 4.11. The van der Waals surface area contributed by atoms with E-state index in [0.717, 1.165) is 16.8 Å². The lowest BCUT2D eigenvalue weighted by Gasteiger charge is -2.08. The summed E-state index contributed by atoms with van der Waals surface area (Å²) in [4.78, 5) is 0. The smallest absolute Gasteiger partial charge is 0.0612 e. The Balaban J connectivity index is 1.63. The first kappa shape index (κ1) is 19.5. The van der Waals surface area contributed by atoms with Gasteiger partial charge in [0.2, 0.25) is 0 Å². The lowest BCUT2D eigenvalue weighted by Crippen LogP contribution is -2.00. The zero-order valence-electron chi connectivity index (χ0n) is 14.7. The van der Waals surface area contributed by atoms with Crippen LogP contribution in [0.4, 0.5) is 5.69 Å². The number of hydrogen-bond donors (Lipinski definition) is 1. The Kier molecular flexibility index (Phi) is 5.75. The third-order valence-corrected chi connectivity index (χ3v) is 5.96. The second-order valence-electron chi connectivity index (χ2n) is 6.52. The Morgan fingerprint density at radius 3 is 2.36 bits per heavy atom. The summed E-state index contributed by atoms with van der Waals surface area (Å²) >= 11 is 24.5. The van der Waals surface area contributed by atoms with Crippen LogP contribution in [0.25, 0.3) is 10.9 Å². The summed E-state index contributed by atoms with van der Waals surface area (Å²) in [7, 11) is 0. The van der Waals surface area contributed by atoms with Gasteiger partial charge in [-0.3, -0.25) is 0 Å². The molecule has 2 nitrogen and oxygen atoms in total. The molecule has 0 amide bonds. The van der Waals surface area contributed by atoms with Gasteiger partial charge in [-0.2, -0.15) is 0 Å². The van der Waals surface area contributed by atoms with E-state index in [0.29, 0.717) is 33.2 Å². The summed E-state index contributed by atoms with van der Waals surface area (Å²) in [5.41, 5.74) is 4.29. The molecule has 0 saturated carbocycles. The predicted molar refractivity (Wildman–Crippen MR) is 121 cm³/mol. The summed E-state index contributed by atoms with van der Waals surface area (Å²) in [6.45, 7) is 1.34. The molecule has 0 spiro atoms. The Hall–Kier alpha value is -1.84. The van der Waals surface area contributed by atoms with Crippen LogP contribution in [0, 0.1) is 0 Å². The Bertz CT molecular complexity index is 1150. The first-order chi connectivity index (χ1) is 13.5. The first-order valence-electron chi connectivity index (χ1n) is 8.71. The molecule has 0 aliphatic carbocycles. The maximum absolute atomic E-state index is 6.37. The van der Waals surface area contributed by atoms with Crippen molar-refractivity contribution in [1.82, 2.24) is 4.57 Å². The van der Waals surface area contributed by atoms with Gasteiger partial charge in [-0.25, -0.2) is 0 Å². The highest BCUT2D eigenvalue weighted by molar-refractivity contribution is 6.42. The number of benzene rings is 3. The molecule has 0 unspecified atom stereocenters. The van der Waals surface area contributed by atoms with E-state index in [1.807, 2.05) is 36.4 Å². The molecule has 1 heterocycles. The first-order valence-corrected chi connectivity index (χ1v) is 10.2. The fraction of sp³-hybridized carbons (Fsp3) is 0.0909. The van der Waals surface area contributed by atoms with Crippen LogP contribution in [0.5, 0.6) is 0 Å². The van der Waals surface area contributed by atoms with E-state index in [1.54, 1.807) is 12.1 Å². The molecule has 0 aliphatic rings. The van der Waals surface area contributed by atoms with Gasteiger partial charge >= 0.3 is 0 Å². The molecular formula is C22H16Cl4N2. The average molecular weight is 450 g/mol. The highest BCUT2D eigenvalue weighted by Gasteiger charge is 2.10. The minimum atomic E-state index is 0.534. The topological polar surface area (TPSA) is 17.0 Å². The summed E-state index contributed by atoms with van der Waals surface area (Å²) in [6.07, 6.45) is 2.15. The van der Waals surface area contributed by atoms with Crippen LogP contribution >= 0.6 is 46.4 Å². The second kappa shape index (κ2) is 8.26. The van der Waals surface area contributed by atoms with Gasteiger partial charge in [0.05, 0.1) is 10.0 Å². The van der Waals surface area contributed by atoms with Gasteiger partial charge in [0, 0.05) is 45.9 Å². The molecule has 1 N–H and O–H groups in total. The molecule has 142 valence electrons. The molecule has 0 bridgehead atoms. The van der Waals surface area contributed by atoms with Gasteiger partial charge in [-0.1, -0.05) is 70.7 Å². The maximum Gasteiger partial charge on any atom is 0.0612 e. The largest absolute Gasteiger partial charge is 0.381 e. The van der Waals surface area contributed by atoms with Crippen molar-refractivity contribution in [2.24, 2.45) is 0 Å². The maximum atomic E-state index is 6.37. The highest BCUT2D eigenvalue weighted by Crippen LogP contribution is 2.28. The number of para-hydroxylation sites is 1. The van der Waals surface area contributed by atoms with E-state index in [2.05, 4.69) is 28.2 Å². The van der Waals surface area contributed by atoms with Crippen molar-refractivity contribution in [2.75, 3.05) is 5.32 Å². The molecule has 0 fully saturated rings. The Morgan fingerprint density at radius 2 is 1.57 bits per heavy atom. The van der Waals surface area contributed by atoms with Gasteiger partial charge in [-0.15, -0.1) is 0 Å². The number of nitrogens with one attached hydrogen (secondary N) is 1. The molecular weight excluding hydrogens is 434 g/mol. The SMILES string of the molecule is Clc1ccc(Cn2cc(CNc3ccc(Cl)c(Cl)c3)c3ccccc32)c(Cl)c1. The molecule has 3 aromatic carbocycles. The molecule has 0 aliphatic heterocycles. The quantitative estimate of drug-likeness (QED) is 0.327. The van der Waals surface area contributed by atoms with Crippen molar-refractivity contribution in [1.29, 1.82) is 0 Å². The van der Waals surface area contributed by atoms with Crippen molar-refractivity contribution in [3.63, 3.8) is 0 Å². The third-order valence-electron chi connectivity index (χ3n) is 4.63. The number of anilines is 1. The average Bonchev–Trinajstić information content (AvgIpc) is 3.03.